The molecule has 9 heteroatoms. The molecule has 146 valence electrons. The van der Waals surface area contributed by atoms with Crippen molar-refractivity contribution in [1.82, 2.24) is 0 Å². The fourth-order valence-electron chi connectivity index (χ4n) is 2.43. The second kappa shape index (κ2) is 9.30. The lowest BCUT2D eigenvalue weighted by Gasteiger charge is -2.22. The van der Waals surface area contributed by atoms with Crippen molar-refractivity contribution >= 4 is 50.5 Å². The van der Waals surface area contributed by atoms with Gasteiger partial charge in [-0.25, -0.2) is 8.42 Å². The Hall–Kier alpha value is -1.96. The van der Waals surface area contributed by atoms with Crippen LogP contribution in [-0.4, -0.2) is 34.2 Å². The third-order valence-electron chi connectivity index (χ3n) is 3.75. The van der Waals surface area contributed by atoms with Gasteiger partial charge >= 0.3 is 0 Å². The van der Waals surface area contributed by atoms with Crippen molar-refractivity contribution in [1.29, 1.82) is 0 Å². The van der Waals surface area contributed by atoms with Crippen molar-refractivity contribution in [3.05, 3.63) is 52.5 Å². The lowest BCUT2D eigenvalue weighted by Crippen LogP contribution is -2.31. The fourth-order valence-corrected chi connectivity index (χ4v) is 3.74. The molecule has 0 heterocycles. The molecule has 0 radical (unpaired) electrons. The standard InChI is InChI=1S/C18H20Cl2N2O4S/c1-26-14-10-8-13(9-11-14)22(27(2,24)25)12-4-7-17(23)21-16-6-3-5-15(19)18(16)20/h3,5-6,8-11H,4,7,12H2,1-2H3,(H,21,23). The number of nitrogens with zero attached hydrogens (tertiary/aromatic N) is 1. The van der Waals surface area contributed by atoms with E-state index in [1.807, 2.05) is 0 Å². The van der Waals surface area contributed by atoms with Crippen molar-refractivity contribution in [2.75, 3.05) is 29.5 Å². The molecule has 6 nitrogen and oxygen atoms in total. The third-order valence-corrected chi connectivity index (χ3v) is 5.76. The van der Waals surface area contributed by atoms with E-state index in [9.17, 15) is 13.2 Å². The van der Waals surface area contributed by atoms with Crippen LogP contribution in [0.25, 0.3) is 0 Å². The number of halogens is 2. The highest BCUT2D eigenvalue weighted by Gasteiger charge is 2.18. The van der Waals surface area contributed by atoms with Crippen LogP contribution in [0.2, 0.25) is 10.0 Å². The Morgan fingerprint density at radius 3 is 2.41 bits per heavy atom. The first kappa shape index (κ1) is 21.3. The van der Waals surface area contributed by atoms with Gasteiger partial charge in [0, 0.05) is 13.0 Å². The number of hydrogen-bond donors (Lipinski definition) is 1. The predicted octanol–water partition coefficient (Wildman–Crippen LogP) is 4.19. The maximum Gasteiger partial charge on any atom is 0.232 e. The van der Waals surface area contributed by atoms with Gasteiger partial charge in [0.15, 0.2) is 0 Å². The average Bonchev–Trinajstić information content (AvgIpc) is 2.62. The van der Waals surface area contributed by atoms with Crippen molar-refractivity contribution in [3.8, 4) is 5.75 Å². The smallest absolute Gasteiger partial charge is 0.232 e. The SMILES string of the molecule is COc1ccc(N(CCCC(=O)Nc2cccc(Cl)c2Cl)S(C)(=O)=O)cc1. The van der Waals surface area contributed by atoms with Crippen LogP contribution in [0, 0.1) is 0 Å². The molecule has 0 atom stereocenters. The second-order valence-electron chi connectivity index (χ2n) is 5.79. The minimum atomic E-state index is -3.48. The molecule has 0 fully saturated rings. The van der Waals surface area contributed by atoms with E-state index in [0.717, 1.165) is 6.26 Å². The van der Waals surface area contributed by atoms with E-state index in [-0.39, 0.29) is 23.9 Å². The molecule has 2 rings (SSSR count). The van der Waals surface area contributed by atoms with Crippen LogP contribution in [0.1, 0.15) is 12.8 Å². The minimum absolute atomic E-state index is 0.130. The lowest BCUT2D eigenvalue weighted by molar-refractivity contribution is -0.116. The molecule has 27 heavy (non-hydrogen) atoms. The number of ether oxygens (including phenoxy) is 1. The van der Waals surface area contributed by atoms with Gasteiger partial charge in [-0.2, -0.15) is 0 Å². The normalized spacial score (nSPS) is 11.1. The molecular weight excluding hydrogens is 411 g/mol. The molecule has 0 unspecified atom stereocenters. The number of carbonyl (C=O) groups is 1. The van der Waals surface area contributed by atoms with E-state index in [4.69, 9.17) is 27.9 Å². The van der Waals surface area contributed by atoms with Crippen LogP contribution in [0.15, 0.2) is 42.5 Å². The number of nitrogens with one attached hydrogen (secondary N) is 1. The van der Waals surface area contributed by atoms with Crippen LogP contribution in [-0.2, 0) is 14.8 Å². The van der Waals surface area contributed by atoms with Crippen molar-refractivity contribution < 1.29 is 17.9 Å². The molecule has 0 aliphatic carbocycles. The third kappa shape index (κ3) is 6.02. The summed E-state index contributed by atoms with van der Waals surface area (Å²) in [5.41, 5.74) is 0.931. The number of carbonyl (C=O) groups excluding carboxylic acids is 1. The molecule has 1 amide bonds. The van der Waals surface area contributed by atoms with Crippen LogP contribution < -0.4 is 14.4 Å². The summed E-state index contributed by atoms with van der Waals surface area (Å²) in [5, 5.41) is 3.29. The number of anilines is 2. The molecule has 0 spiro atoms. The molecule has 1 N–H and O–H groups in total. The van der Waals surface area contributed by atoms with Crippen LogP contribution in [0.5, 0.6) is 5.75 Å². The summed E-state index contributed by atoms with van der Waals surface area (Å²) in [4.78, 5) is 12.1. The zero-order chi connectivity index (χ0) is 20.0. The van der Waals surface area contributed by atoms with Gasteiger partial charge in [0.1, 0.15) is 5.75 Å². The predicted molar refractivity (Wildman–Crippen MR) is 110 cm³/mol. The number of methoxy groups -OCH3 is 1. The van der Waals surface area contributed by atoms with Crippen molar-refractivity contribution in [2.45, 2.75) is 12.8 Å². The first-order valence-electron chi connectivity index (χ1n) is 8.08. The van der Waals surface area contributed by atoms with E-state index >= 15 is 0 Å². The summed E-state index contributed by atoms with van der Waals surface area (Å²) in [7, 11) is -1.95. The van der Waals surface area contributed by atoms with Crippen molar-refractivity contribution in [3.63, 3.8) is 0 Å². The van der Waals surface area contributed by atoms with Gasteiger partial charge in [-0.15, -0.1) is 0 Å². The Balaban J connectivity index is 1.99. The highest BCUT2D eigenvalue weighted by molar-refractivity contribution is 7.92. The van der Waals surface area contributed by atoms with Gasteiger partial charge in [-0.1, -0.05) is 29.3 Å². The molecule has 0 saturated carbocycles. The van der Waals surface area contributed by atoms with Crippen LogP contribution in [0.4, 0.5) is 11.4 Å². The summed E-state index contributed by atoms with van der Waals surface area (Å²) in [6.07, 6.45) is 1.59. The average molecular weight is 431 g/mol. The number of sulfonamides is 1. The molecule has 2 aromatic rings. The first-order chi connectivity index (χ1) is 12.7. The monoisotopic (exact) mass is 430 g/mol. The Bertz CT molecular complexity index is 902. The number of benzene rings is 2. The number of amides is 1. The Labute approximate surface area is 169 Å². The summed E-state index contributed by atoms with van der Waals surface area (Å²) >= 11 is 12.0. The Kier molecular flexibility index (Phi) is 7.35. The van der Waals surface area contributed by atoms with E-state index < -0.39 is 10.0 Å². The molecule has 0 saturated heterocycles. The summed E-state index contributed by atoms with van der Waals surface area (Å²) in [6, 6.07) is 11.6. The van der Waals surface area contributed by atoms with Crippen molar-refractivity contribution in [2.24, 2.45) is 0 Å². The first-order valence-corrected chi connectivity index (χ1v) is 10.7. The molecule has 0 bridgehead atoms. The highest BCUT2D eigenvalue weighted by atomic mass is 35.5. The van der Waals surface area contributed by atoms with Crippen LogP contribution >= 0.6 is 23.2 Å². The summed E-state index contributed by atoms with van der Waals surface area (Å²) < 4.78 is 30.5. The van der Waals surface area contributed by atoms with Gasteiger partial charge in [-0.3, -0.25) is 9.10 Å². The van der Waals surface area contributed by atoms with E-state index in [0.29, 0.717) is 28.6 Å². The number of rotatable bonds is 8. The summed E-state index contributed by atoms with van der Waals surface area (Å²) in [6.45, 7) is 0.169. The molecule has 0 aromatic heterocycles. The van der Waals surface area contributed by atoms with Gasteiger partial charge in [0.2, 0.25) is 15.9 Å². The topological polar surface area (TPSA) is 75.7 Å². The van der Waals surface area contributed by atoms with E-state index in [1.54, 1.807) is 42.5 Å². The fraction of sp³-hybridized carbons (Fsp3) is 0.278. The van der Waals surface area contributed by atoms with E-state index in [2.05, 4.69) is 5.32 Å². The maximum atomic E-state index is 12.1. The van der Waals surface area contributed by atoms with E-state index in [1.165, 1.54) is 11.4 Å². The highest BCUT2D eigenvalue weighted by Crippen LogP contribution is 2.29. The maximum absolute atomic E-state index is 12.1. The minimum Gasteiger partial charge on any atom is -0.497 e. The number of hydrogen-bond acceptors (Lipinski definition) is 4. The van der Waals surface area contributed by atoms with Gasteiger partial charge in [0.25, 0.3) is 0 Å². The Morgan fingerprint density at radius 1 is 1.15 bits per heavy atom. The van der Waals surface area contributed by atoms with Gasteiger partial charge in [0.05, 0.1) is 34.8 Å². The second-order valence-corrected chi connectivity index (χ2v) is 8.48. The molecule has 0 aliphatic rings. The van der Waals surface area contributed by atoms with Crippen LogP contribution in [0.3, 0.4) is 0 Å². The lowest BCUT2D eigenvalue weighted by atomic mass is 10.2. The Morgan fingerprint density at radius 2 is 1.81 bits per heavy atom. The summed E-state index contributed by atoms with van der Waals surface area (Å²) in [5.74, 6) is 0.354. The largest absolute Gasteiger partial charge is 0.497 e. The zero-order valence-corrected chi connectivity index (χ0v) is 17.2. The molecule has 0 aliphatic heterocycles. The van der Waals surface area contributed by atoms with Gasteiger partial charge < -0.3 is 10.1 Å². The molecule has 2 aromatic carbocycles. The zero-order valence-electron chi connectivity index (χ0n) is 14.9. The van der Waals surface area contributed by atoms with Gasteiger partial charge in [-0.05, 0) is 42.8 Å². The molecular formula is C18H20Cl2N2O4S. The quantitative estimate of drug-likeness (QED) is 0.680.